The summed E-state index contributed by atoms with van der Waals surface area (Å²) in [6, 6.07) is 0. The molecule has 17 nitrogen and oxygen atoms in total. The van der Waals surface area contributed by atoms with Gasteiger partial charge in [-0.2, -0.15) is 0 Å². The predicted molar refractivity (Wildman–Crippen MR) is 418 cm³/mol. The molecule has 0 bridgehead atoms. The Bertz CT molecular complexity index is 2410. The molecule has 102 heavy (non-hydrogen) atoms. The second-order valence-corrected chi connectivity index (χ2v) is 29.2. The van der Waals surface area contributed by atoms with E-state index in [1.165, 1.54) is 70.6 Å². The van der Waals surface area contributed by atoms with E-state index in [2.05, 4.69) is 149 Å². The number of hydrogen-bond acceptors (Lipinski definition) is 15. The Labute approximate surface area is 619 Å². The highest BCUT2D eigenvalue weighted by Crippen LogP contribution is 2.45. The lowest BCUT2D eigenvalue weighted by Crippen LogP contribution is -2.30. The van der Waals surface area contributed by atoms with Gasteiger partial charge < -0.3 is 33.8 Å². The number of phosphoric acid groups is 2. The van der Waals surface area contributed by atoms with Crippen molar-refractivity contribution >= 4 is 39.5 Å². The first-order chi connectivity index (χ1) is 49.7. The molecule has 0 aliphatic carbocycles. The van der Waals surface area contributed by atoms with Crippen LogP contribution in [0.2, 0.25) is 0 Å². The molecule has 5 atom stereocenters. The summed E-state index contributed by atoms with van der Waals surface area (Å²) in [7, 11) is -9.97. The first-order valence-corrected chi connectivity index (χ1v) is 42.8. The van der Waals surface area contributed by atoms with Crippen LogP contribution in [0.1, 0.15) is 323 Å². The Morgan fingerprint density at radius 1 is 0.284 bits per heavy atom. The van der Waals surface area contributed by atoms with Crippen molar-refractivity contribution in [2.75, 3.05) is 39.6 Å². The number of hydrogen-bond donors (Lipinski definition) is 3. The minimum atomic E-state index is -4.99. The number of allylic oxidation sites excluding steroid dienone is 20. The van der Waals surface area contributed by atoms with Gasteiger partial charge in [0, 0.05) is 25.7 Å². The quantitative estimate of drug-likeness (QED) is 0.0169. The minimum absolute atomic E-state index is 0.0693. The third-order valence-corrected chi connectivity index (χ3v) is 18.3. The van der Waals surface area contributed by atoms with Gasteiger partial charge in [-0.1, -0.05) is 284 Å². The van der Waals surface area contributed by atoms with Crippen molar-refractivity contribution in [3.05, 3.63) is 122 Å². The van der Waals surface area contributed by atoms with Crippen LogP contribution in [0.4, 0.5) is 0 Å². The largest absolute Gasteiger partial charge is 0.472 e. The molecule has 586 valence electrons. The number of carbonyl (C=O) groups excluding carboxylic acids is 4. The zero-order chi connectivity index (χ0) is 74.6. The lowest BCUT2D eigenvalue weighted by Gasteiger charge is -2.21. The van der Waals surface area contributed by atoms with Crippen LogP contribution in [0.3, 0.4) is 0 Å². The van der Waals surface area contributed by atoms with Crippen LogP contribution in [0.15, 0.2) is 122 Å². The average Bonchev–Trinajstić information content (AvgIpc) is 0.924. The molecule has 0 heterocycles. The molecule has 3 N–H and O–H groups in total. The van der Waals surface area contributed by atoms with Gasteiger partial charge in [0.25, 0.3) is 0 Å². The molecule has 0 spiro atoms. The number of rotatable bonds is 74. The molecule has 0 amide bonds. The molecular formula is C83H142O17P2. The van der Waals surface area contributed by atoms with Crippen molar-refractivity contribution in [1.29, 1.82) is 0 Å². The van der Waals surface area contributed by atoms with Crippen LogP contribution in [0, 0.1) is 0 Å². The third kappa shape index (κ3) is 73.8. The summed E-state index contributed by atoms with van der Waals surface area (Å²) >= 11 is 0. The summed E-state index contributed by atoms with van der Waals surface area (Å²) in [5.41, 5.74) is 0. The molecule has 0 aromatic rings. The van der Waals surface area contributed by atoms with E-state index in [1.807, 2.05) is 0 Å². The van der Waals surface area contributed by atoms with Crippen molar-refractivity contribution in [2.24, 2.45) is 0 Å². The number of aliphatic hydroxyl groups excluding tert-OH is 1. The van der Waals surface area contributed by atoms with Crippen LogP contribution >= 0.6 is 15.6 Å². The molecule has 0 saturated heterocycles. The maximum atomic E-state index is 13.1. The summed E-state index contributed by atoms with van der Waals surface area (Å²) in [5.74, 6) is -2.24. The highest BCUT2D eigenvalue weighted by Gasteiger charge is 2.30. The van der Waals surface area contributed by atoms with Gasteiger partial charge in [-0.3, -0.25) is 37.3 Å². The summed E-state index contributed by atoms with van der Waals surface area (Å²) < 4.78 is 68.6. The fourth-order valence-corrected chi connectivity index (χ4v) is 12.0. The van der Waals surface area contributed by atoms with Crippen LogP contribution in [0.25, 0.3) is 0 Å². The average molecular weight is 1470 g/mol. The number of esters is 4. The van der Waals surface area contributed by atoms with Crippen molar-refractivity contribution in [3.8, 4) is 0 Å². The predicted octanol–water partition coefficient (Wildman–Crippen LogP) is 23.1. The lowest BCUT2D eigenvalue weighted by molar-refractivity contribution is -0.161. The van der Waals surface area contributed by atoms with E-state index >= 15 is 0 Å². The molecule has 0 aliphatic heterocycles. The SMILES string of the molecule is CC/C=C\C/C=C\C/C=C\C/C=C\C/C=C\CCCCCC(=O)OCC(COP(=O)(O)OCC(O)COP(=O)(O)OCC(COC(=O)CCCCCCC/C=C\C/C=C\C/C=C\CC)OC(=O)CCCCCCCCCCCCCCC)OC(=O)CCCCCCC/C=C\C/C=C\CCCCC. The monoisotopic (exact) mass is 1470 g/mol. The van der Waals surface area contributed by atoms with E-state index in [0.717, 1.165) is 173 Å². The van der Waals surface area contributed by atoms with E-state index in [1.54, 1.807) is 0 Å². The molecular weight excluding hydrogens is 1330 g/mol. The maximum absolute atomic E-state index is 13.1. The van der Waals surface area contributed by atoms with Gasteiger partial charge in [-0.15, -0.1) is 0 Å². The molecule has 0 aromatic carbocycles. The second-order valence-electron chi connectivity index (χ2n) is 26.2. The summed E-state index contributed by atoms with van der Waals surface area (Å²) in [5, 5.41) is 10.6. The van der Waals surface area contributed by atoms with Gasteiger partial charge in [-0.25, -0.2) is 9.13 Å². The molecule has 0 radical (unpaired) electrons. The highest BCUT2D eigenvalue weighted by molar-refractivity contribution is 7.47. The first kappa shape index (κ1) is 97.5. The van der Waals surface area contributed by atoms with Crippen molar-refractivity contribution in [2.45, 2.75) is 341 Å². The van der Waals surface area contributed by atoms with Crippen molar-refractivity contribution in [3.63, 3.8) is 0 Å². The van der Waals surface area contributed by atoms with Gasteiger partial charge in [0.05, 0.1) is 26.4 Å². The van der Waals surface area contributed by atoms with Gasteiger partial charge in [-0.05, 0) is 135 Å². The maximum Gasteiger partial charge on any atom is 0.472 e. The third-order valence-electron chi connectivity index (χ3n) is 16.4. The smallest absolute Gasteiger partial charge is 0.462 e. The fraction of sp³-hybridized carbons (Fsp3) is 0.711. The van der Waals surface area contributed by atoms with E-state index in [9.17, 15) is 43.2 Å². The van der Waals surface area contributed by atoms with E-state index < -0.39 is 97.5 Å². The zero-order valence-electron chi connectivity index (χ0n) is 64.0. The molecule has 0 rings (SSSR count). The van der Waals surface area contributed by atoms with E-state index in [0.29, 0.717) is 25.7 Å². The second kappa shape index (κ2) is 74.7. The van der Waals surface area contributed by atoms with Gasteiger partial charge in [0.15, 0.2) is 12.2 Å². The van der Waals surface area contributed by atoms with Gasteiger partial charge in [0.1, 0.15) is 19.3 Å². The van der Waals surface area contributed by atoms with Crippen LogP contribution < -0.4 is 0 Å². The van der Waals surface area contributed by atoms with Crippen LogP contribution in [0.5, 0.6) is 0 Å². The van der Waals surface area contributed by atoms with Crippen molar-refractivity contribution in [1.82, 2.24) is 0 Å². The number of aliphatic hydroxyl groups is 1. The van der Waals surface area contributed by atoms with Crippen LogP contribution in [-0.2, 0) is 65.4 Å². The van der Waals surface area contributed by atoms with Gasteiger partial charge in [0.2, 0.25) is 0 Å². The molecule has 5 unspecified atom stereocenters. The minimum Gasteiger partial charge on any atom is -0.462 e. The number of unbranched alkanes of at least 4 members (excludes halogenated alkanes) is 28. The number of phosphoric ester groups is 2. The molecule has 0 saturated carbocycles. The standard InChI is InChI=1S/C83H142O17P2/c1-5-9-13-17-21-25-29-33-36-37-38-39-42-45-48-52-56-60-64-68-81(86)94-74-79(100-83(88)70-66-62-58-54-50-46-41-35-31-27-23-19-15-11-7-3)76-98-102(91,92)96-72-77(84)71-95-101(89,90)97-75-78(99-82(87)69-65-61-57-53-49-43-32-28-24-20-16-12-8-4)73-93-80(85)67-63-59-55-51-47-44-40-34-30-26-22-18-14-10-6-2/h9-10,13-14,21-23,25-27,33-36,38-41,45,48,77-79,84H,5-8,11-12,15-20,24,28-32,37,42-44,46-47,49-76H2,1-4H3,(H,89,90)(H,91,92)/b13-9-,14-10-,25-21-,26-22-,27-23-,36-33-,39-38-,40-34-,41-35-,48-45-. The van der Waals surface area contributed by atoms with E-state index in [4.69, 9.17) is 37.0 Å². The number of carbonyl (C=O) groups is 4. The Balaban J connectivity index is 5.40. The van der Waals surface area contributed by atoms with Gasteiger partial charge >= 0.3 is 39.5 Å². The fourth-order valence-electron chi connectivity index (χ4n) is 10.4. The summed E-state index contributed by atoms with van der Waals surface area (Å²) in [4.78, 5) is 73.0. The molecule has 0 aromatic heterocycles. The van der Waals surface area contributed by atoms with Crippen molar-refractivity contribution < 1.29 is 80.2 Å². The summed E-state index contributed by atoms with van der Waals surface area (Å²) in [6.45, 7) is 4.57. The molecule has 0 aliphatic rings. The number of ether oxygens (including phenoxy) is 4. The molecule has 19 heteroatoms. The molecule has 0 fully saturated rings. The van der Waals surface area contributed by atoms with Crippen LogP contribution in [-0.4, -0.2) is 96.7 Å². The normalized spacial score (nSPS) is 14.5. The lowest BCUT2D eigenvalue weighted by atomic mass is 10.0. The highest BCUT2D eigenvalue weighted by atomic mass is 31.2. The Hall–Kier alpha value is -4.54. The Kier molecular flexibility index (Phi) is 71.4. The zero-order valence-corrected chi connectivity index (χ0v) is 65.8. The Morgan fingerprint density at radius 3 is 0.814 bits per heavy atom. The topological polar surface area (TPSA) is 237 Å². The first-order valence-electron chi connectivity index (χ1n) is 39.8. The Morgan fingerprint density at radius 2 is 0.510 bits per heavy atom. The summed E-state index contributed by atoms with van der Waals surface area (Å²) in [6.07, 6.45) is 81.7. The van der Waals surface area contributed by atoms with E-state index in [-0.39, 0.29) is 25.7 Å².